The lowest BCUT2D eigenvalue weighted by atomic mass is 10.0. The first-order valence-corrected chi connectivity index (χ1v) is 20.3. The van der Waals surface area contributed by atoms with Crippen LogP contribution in [0.15, 0.2) is 102 Å². The molecule has 0 bridgehead atoms. The number of likely N-dealkylation sites (N-methyl/N-ethyl adjacent to an activating group) is 1. The molecule has 4 atom stereocenters. The zero-order valence-electron chi connectivity index (χ0n) is 33.6. The van der Waals surface area contributed by atoms with Crippen molar-refractivity contribution in [3.8, 4) is 6.07 Å². The third-order valence-electron chi connectivity index (χ3n) is 11.3. The maximum atomic E-state index is 13.2. The Balaban J connectivity index is 0.000000183. The predicted octanol–water partition coefficient (Wildman–Crippen LogP) is 3.25. The number of likely N-dealkylation sites (tertiary alicyclic amines) is 2. The predicted molar refractivity (Wildman–Crippen MR) is 227 cm³/mol. The summed E-state index contributed by atoms with van der Waals surface area (Å²) in [6.45, 7) is 4.07. The van der Waals surface area contributed by atoms with E-state index in [2.05, 4.69) is 36.5 Å². The normalized spacial score (nSPS) is 18.5. The van der Waals surface area contributed by atoms with Gasteiger partial charge >= 0.3 is 0 Å². The number of aliphatic hydroxyl groups is 2. The molecule has 0 spiro atoms. The van der Waals surface area contributed by atoms with E-state index < -0.39 is 0 Å². The number of hydrogen-bond acceptors (Lipinski definition) is 10. The number of aromatic nitrogens is 2. The molecule has 0 aliphatic carbocycles. The van der Waals surface area contributed by atoms with Gasteiger partial charge in [0.25, 0.3) is 5.56 Å². The lowest BCUT2D eigenvalue weighted by Gasteiger charge is -2.32. The van der Waals surface area contributed by atoms with Crippen molar-refractivity contribution < 1.29 is 24.6 Å². The number of nitrogens with zero attached hydrogens (tertiary/aromatic N) is 5. The summed E-state index contributed by atoms with van der Waals surface area (Å²) in [6, 6.07) is 30.1. The number of anilines is 1. The van der Waals surface area contributed by atoms with Crippen molar-refractivity contribution in [3.05, 3.63) is 141 Å². The first kappa shape index (κ1) is 41.9. The Labute approximate surface area is 348 Å². The average Bonchev–Trinajstić information content (AvgIpc) is 3.97. The number of hydrogen-bond donors (Lipinski definition) is 5. The van der Waals surface area contributed by atoms with E-state index in [9.17, 15) is 34.7 Å². The van der Waals surface area contributed by atoms with Crippen molar-refractivity contribution in [2.45, 2.75) is 56.4 Å². The second kappa shape index (κ2) is 19.2. The molecule has 2 unspecified atom stereocenters. The largest absolute Gasteiger partial charge is 0.392 e. The van der Waals surface area contributed by atoms with Gasteiger partial charge in [-0.2, -0.15) is 5.26 Å². The Hall–Kier alpha value is -6.24. The monoisotopic (exact) mass is 810 g/mol. The molecule has 3 aliphatic rings. The minimum atomic E-state index is -0.351. The van der Waals surface area contributed by atoms with E-state index in [1.165, 1.54) is 6.20 Å². The molecule has 60 heavy (non-hydrogen) atoms. The van der Waals surface area contributed by atoms with E-state index in [-0.39, 0.29) is 60.4 Å². The van der Waals surface area contributed by atoms with E-state index in [4.69, 9.17) is 0 Å². The molecule has 8 rings (SSSR count). The van der Waals surface area contributed by atoms with Crippen LogP contribution in [0, 0.1) is 11.3 Å². The topological polar surface area (TPSA) is 195 Å². The third-order valence-corrected chi connectivity index (χ3v) is 11.3. The minimum absolute atomic E-state index is 0.00598. The van der Waals surface area contributed by atoms with Crippen LogP contribution >= 0.6 is 0 Å². The first-order chi connectivity index (χ1) is 29.0. The van der Waals surface area contributed by atoms with Crippen LogP contribution in [-0.2, 0) is 33.6 Å². The van der Waals surface area contributed by atoms with Crippen LogP contribution in [0.2, 0.25) is 0 Å². The molecule has 1 aromatic heterocycles. The number of rotatable bonds is 12. The number of nitrogens with one attached hydrogen (secondary N) is 3. The number of aliphatic hydroxyl groups excluding tert-OH is 2. The van der Waals surface area contributed by atoms with E-state index in [1.807, 2.05) is 72.8 Å². The highest BCUT2D eigenvalue weighted by Gasteiger charge is 2.29. The van der Waals surface area contributed by atoms with Crippen LogP contribution in [0.4, 0.5) is 5.69 Å². The Morgan fingerprint density at radius 2 is 1.58 bits per heavy atom. The second-order valence-electron chi connectivity index (χ2n) is 15.9. The van der Waals surface area contributed by atoms with Crippen LogP contribution in [-0.4, -0.2) is 111 Å². The summed E-state index contributed by atoms with van der Waals surface area (Å²) < 4.78 is 0. The smallest absolute Gasteiger partial charge is 0.266 e. The maximum absolute atomic E-state index is 13.2. The number of nitriles is 1. The van der Waals surface area contributed by atoms with Gasteiger partial charge in [0.15, 0.2) is 0 Å². The van der Waals surface area contributed by atoms with Gasteiger partial charge in [0, 0.05) is 52.0 Å². The second-order valence-corrected chi connectivity index (χ2v) is 15.9. The number of aromatic amines is 1. The summed E-state index contributed by atoms with van der Waals surface area (Å²) in [7, 11) is 1.77. The summed E-state index contributed by atoms with van der Waals surface area (Å²) >= 11 is 0. The Morgan fingerprint density at radius 3 is 2.30 bits per heavy atom. The van der Waals surface area contributed by atoms with Gasteiger partial charge in [-0.1, -0.05) is 60.7 Å². The molecule has 4 heterocycles. The van der Waals surface area contributed by atoms with Crippen LogP contribution < -0.4 is 16.2 Å². The zero-order chi connectivity index (χ0) is 42.2. The number of amides is 3. The van der Waals surface area contributed by atoms with E-state index >= 15 is 0 Å². The third kappa shape index (κ3) is 10.9. The van der Waals surface area contributed by atoms with Crippen molar-refractivity contribution in [2.75, 3.05) is 51.6 Å². The molecule has 14 heteroatoms. The maximum Gasteiger partial charge on any atom is 0.266 e. The molecule has 310 valence electrons. The molecule has 3 amide bonds. The van der Waals surface area contributed by atoms with Crippen LogP contribution in [0.3, 0.4) is 0 Å². The van der Waals surface area contributed by atoms with Gasteiger partial charge < -0.3 is 30.7 Å². The lowest BCUT2D eigenvalue weighted by molar-refractivity contribution is -0.131. The van der Waals surface area contributed by atoms with Crippen molar-refractivity contribution in [1.29, 1.82) is 5.26 Å². The van der Waals surface area contributed by atoms with Gasteiger partial charge in [0.1, 0.15) is 0 Å². The fourth-order valence-corrected chi connectivity index (χ4v) is 8.14. The summed E-state index contributed by atoms with van der Waals surface area (Å²) in [6.07, 6.45) is 2.90. The molecule has 2 saturated heterocycles. The summed E-state index contributed by atoms with van der Waals surface area (Å²) in [5.41, 5.74) is 6.90. The number of H-pyrrole nitrogens is 1. The summed E-state index contributed by atoms with van der Waals surface area (Å²) in [4.78, 5) is 61.9. The summed E-state index contributed by atoms with van der Waals surface area (Å²) in [5, 5.41) is 35.0. The van der Waals surface area contributed by atoms with Crippen LogP contribution in [0.1, 0.15) is 58.3 Å². The van der Waals surface area contributed by atoms with Gasteiger partial charge in [-0.25, -0.2) is 4.98 Å². The Bertz CT molecular complexity index is 2430. The molecule has 5 aromatic rings. The quantitative estimate of drug-likeness (QED) is 0.125. The van der Waals surface area contributed by atoms with Gasteiger partial charge in [-0.3, -0.25) is 29.0 Å². The van der Waals surface area contributed by atoms with Gasteiger partial charge in [0.2, 0.25) is 17.7 Å². The Morgan fingerprint density at radius 1 is 0.883 bits per heavy atom. The number of β-amino-alcohol motifs (C(OH)–C–C–N with tert-alkyl or cyclic N) is 2. The molecular weight excluding hydrogens is 761 g/mol. The first-order valence-electron chi connectivity index (χ1n) is 20.3. The minimum Gasteiger partial charge on any atom is -0.392 e. The van der Waals surface area contributed by atoms with Crippen LogP contribution in [0.5, 0.6) is 0 Å². The fraction of sp³-hybridized carbons (Fsp3) is 0.348. The molecule has 14 nitrogen and oxygen atoms in total. The molecule has 0 radical (unpaired) electrons. The van der Waals surface area contributed by atoms with Gasteiger partial charge in [-0.05, 0) is 71.0 Å². The molecule has 5 N–H and O–H groups in total. The standard InChI is InChI=1S/C24H25N5O3.C22H25N3O3/c1-28(24(32)11-16-5-6-20-21(10-16)27-23(31)13-26-20)22(15-29-8-7-19(30)14-29)18-4-2-3-17(9-18)12-25;26-18-8-9-25(13-18)14-20(16-4-2-1-3-5-16)24-21(27)11-15-6-7-19-17(10-15)12-22(28)23-19/h2-6,9-10,13,19,22,30H,7-8,11,14-15H2,1H3,(H,27,31);1-7,10,18,20,26H,8-9,11-14H2,(H,23,28)(H,24,27)/t19?,22-;18?,20-/m11/s1. The van der Waals surface area contributed by atoms with Crippen molar-refractivity contribution in [3.63, 3.8) is 0 Å². The van der Waals surface area contributed by atoms with Crippen molar-refractivity contribution in [1.82, 2.24) is 30.0 Å². The Kier molecular flexibility index (Phi) is 13.4. The lowest BCUT2D eigenvalue weighted by Crippen LogP contribution is -2.39. The molecule has 2 fully saturated rings. The SMILES string of the molecule is CN(C(=O)Cc1ccc2ncc(=O)[nH]c2c1)[C@H](CN1CCC(O)C1)c1cccc(C#N)c1.O=C1Cc2cc(CC(=O)N[C@H](CN3CCC(O)C3)c3ccccc3)ccc2N1. The average molecular weight is 811 g/mol. The van der Waals surface area contributed by atoms with Crippen molar-refractivity contribution in [2.24, 2.45) is 0 Å². The van der Waals surface area contributed by atoms with Gasteiger partial charge in [-0.15, -0.1) is 0 Å². The summed E-state index contributed by atoms with van der Waals surface area (Å²) in [5.74, 6) is -0.137. The van der Waals surface area contributed by atoms with Crippen molar-refractivity contribution >= 4 is 34.4 Å². The van der Waals surface area contributed by atoms with E-state index in [0.717, 1.165) is 53.0 Å². The molecular formula is C46H50N8O6. The van der Waals surface area contributed by atoms with E-state index in [0.29, 0.717) is 55.6 Å². The fourth-order valence-electron chi connectivity index (χ4n) is 8.14. The molecule has 3 aliphatic heterocycles. The highest BCUT2D eigenvalue weighted by atomic mass is 16.3. The molecule has 0 saturated carbocycles. The van der Waals surface area contributed by atoms with Gasteiger partial charge in [0.05, 0.1) is 72.4 Å². The zero-order valence-corrected chi connectivity index (χ0v) is 33.6. The molecule has 4 aromatic carbocycles. The highest BCUT2D eigenvalue weighted by Crippen LogP contribution is 2.27. The number of fused-ring (bicyclic) bond motifs is 2. The number of benzene rings is 4. The number of carbonyl (C=O) groups excluding carboxylic acids is 3. The number of carbonyl (C=O) groups is 3. The van der Waals surface area contributed by atoms with E-state index in [1.54, 1.807) is 30.1 Å². The van der Waals surface area contributed by atoms with Crippen LogP contribution in [0.25, 0.3) is 11.0 Å². The highest BCUT2D eigenvalue weighted by molar-refractivity contribution is 5.99.